The van der Waals surface area contributed by atoms with E-state index in [0.717, 1.165) is 12.8 Å². The first-order valence-corrected chi connectivity index (χ1v) is 8.92. The van der Waals surface area contributed by atoms with Crippen LogP contribution in [0.25, 0.3) is 0 Å². The standard InChI is InChI=1S/C16H27NO3S/c1-6-12-16(13(2)3,14(4)5)17-21(18,19)20-15-10-8-7-9-11-15/h7-11,13-14,17H,6,12H2,1-5H3. The predicted molar refractivity (Wildman–Crippen MR) is 86.4 cm³/mol. The van der Waals surface area contributed by atoms with Crippen molar-refractivity contribution in [1.29, 1.82) is 0 Å². The van der Waals surface area contributed by atoms with Crippen molar-refractivity contribution < 1.29 is 12.6 Å². The lowest BCUT2D eigenvalue weighted by molar-refractivity contribution is 0.177. The van der Waals surface area contributed by atoms with Crippen molar-refractivity contribution in [2.24, 2.45) is 11.8 Å². The van der Waals surface area contributed by atoms with Gasteiger partial charge in [-0.1, -0.05) is 59.2 Å². The minimum atomic E-state index is -3.85. The van der Waals surface area contributed by atoms with Crippen LogP contribution in [0, 0.1) is 11.8 Å². The maximum Gasteiger partial charge on any atom is 0.383 e. The molecular formula is C16H27NO3S. The number of nitrogens with one attached hydrogen (secondary N) is 1. The zero-order valence-electron chi connectivity index (χ0n) is 13.6. The van der Waals surface area contributed by atoms with Gasteiger partial charge in [0, 0.05) is 5.54 Å². The number of hydrogen-bond donors (Lipinski definition) is 1. The molecule has 0 aromatic heterocycles. The lowest BCUT2D eigenvalue weighted by Gasteiger charge is -2.41. The SMILES string of the molecule is CCCC(NS(=O)(=O)Oc1ccccc1)(C(C)C)C(C)C. The molecule has 120 valence electrons. The molecule has 0 saturated heterocycles. The van der Waals surface area contributed by atoms with Crippen LogP contribution in [0.15, 0.2) is 30.3 Å². The normalized spacial score (nSPS) is 12.9. The maximum absolute atomic E-state index is 12.4. The molecular weight excluding hydrogens is 286 g/mol. The molecule has 4 nitrogen and oxygen atoms in total. The van der Waals surface area contributed by atoms with Crippen molar-refractivity contribution in [3.63, 3.8) is 0 Å². The molecule has 0 bridgehead atoms. The van der Waals surface area contributed by atoms with Crippen molar-refractivity contribution in [3.05, 3.63) is 30.3 Å². The van der Waals surface area contributed by atoms with E-state index in [4.69, 9.17) is 4.18 Å². The fraction of sp³-hybridized carbons (Fsp3) is 0.625. The lowest BCUT2D eigenvalue weighted by Crippen LogP contribution is -2.56. The molecule has 0 spiro atoms. The van der Waals surface area contributed by atoms with Crippen molar-refractivity contribution in [1.82, 2.24) is 4.72 Å². The smallest absolute Gasteiger partial charge is 0.371 e. The molecule has 0 heterocycles. The quantitative estimate of drug-likeness (QED) is 0.795. The van der Waals surface area contributed by atoms with Crippen LogP contribution in [0.4, 0.5) is 0 Å². The molecule has 0 fully saturated rings. The summed E-state index contributed by atoms with van der Waals surface area (Å²) in [5.74, 6) is 0.668. The Morgan fingerprint density at radius 2 is 1.62 bits per heavy atom. The Hall–Kier alpha value is -1.07. The molecule has 21 heavy (non-hydrogen) atoms. The van der Waals surface area contributed by atoms with E-state index in [-0.39, 0.29) is 11.8 Å². The number of para-hydroxylation sites is 1. The third kappa shape index (κ3) is 4.71. The summed E-state index contributed by atoms with van der Waals surface area (Å²) in [5, 5.41) is 0. The van der Waals surface area contributed by atoms with Gasteiger partial charge in [-0.3, -0.25) is 0 Å². The Morgan fingerprint density at radius 1 is 1.10 bits per heavy atom. The summed E-state index contributed by atoms with van der Waals surface area (Å²) in [6.45, 7) is 10.2. The molecule has 1 aromatic rings. The van der Waals surface area contributed by atoms with E-state index < -0.39 is 15.8 Å². The average Bonchev–Trinajstić information content (AvgIpc) is 2.37. The van der Waals surface area contributed by atoms with E-state index in [1.54, 1.807) is 24.3 Å². The van der Waals surface area contributed by atoms with Crippen LogP contribution in [0.2, 0.25) is 0 Å². The molecule has 0 aliphatic carbocycles. The molecule has 0 amide bonds. The summed E-state index contributed by atoms with van der Waals surface area (Å²) in [6.07, 6.45) is 1.68. The fourth-order valence-corrected chi connectivity index (χ4v) is 4.25. The van der Waals surface area contributed by atoms with Crippen LogP contribution in [0.5, 0.6) is 5.75 Å². The summed E-state index contributed by atoms with van der Waals surface area (Å²) < 4.78 is 32.7. The van der Waals surface area contributed by atoms with E-state index in [1.807, 2.05) is 33.8 Å². The number of hydrogen-bond acceptors (Lipinski definition) is 3. The lowest BCUT2D eigenvalue weighted by atomic mass is 9.75. The van der Waals surface area contributed by atoms with Crippen molar-refractivity contribution in [2.45, 2.75) is 53.0 Å². The molecule has 5 heteroatoms. The van der Waals surface area contributed by atoms with E-state index in [9.17, 15) is 8.42 Å². The summed E-state index contributed by atoms with van der Waals surface area (Å²) in [5.41, 5.74) is -0.498. The van der Waals surface area contributed by atoms with Crippen LogP contribution in [0.3, 0.4) is 0 Å². The van der Waals surface area contributed by atoms with Gasteiger partial charge in [0.2, 0.25) is 0 Å². The monoisotopic (exact) mass is 313 g/mol. The highest BCUT2D eigenvalue weighted by Gasteiger charge is 2.40. The van der Waals surface area contributed by atoms with Gasteiger partial charge in [0.25, 0.3) is 0 Å². The maximum atomic E-state index is 12.4. The first kappa shape index (κ1) is 18.0. The molecule has 1 rings (SSSR count). The predicted octanol–water partition coefficient (Wildman–Crippen LogP) is 3.75. The summed E-state index contributed by atoms with van der Waals surface area (Å²) in [6, 6.07) is 8.57. The highest BCUT2D eigenvalue weighted by Crippen LogP contribution is 2.32. The van der Waals surface area contributed by atoms with Gasteiger partial charge in [-0.05, 0) is 30.4 Å². The Bertz CT molecular complexity index is 516. The van der Waals surface area contributed by atoms with Crippen LogP contribution in [0.1, 0.15) is 47.5 Å². The minimum Gasteiger partial charge on any atom is -0.371 e. The average molecular weight is 313 g/mol. The van der Waals surface area contributed by atoms with E-state index >= 15 is 0 Å². The Kier molecular flexibility index (Phi) is 6.23. The van der Waals surface area contributed by atoms with Gasteiger partial charge in [-0.15, -0.1) is 0 Å². The van der Waals surface area contributed by atoms with E-state index in [2.05, 4.69) is 11.6 Å². The third-order valence-electron chi connectivity index (χ3n) is 3.99. The van der Waals surface area contributed by atoms with E-state index in [0.29, 0.717) is 5.75 Å². The van der Waals surface area contributed by atoms with Crippen LogP contribution < -0.4 is 8.91 Å². The number of benzene rings is 1. The molecule has 0 unspecified atom stereocenters. The molecule has 0 saturated carbocycles. The molecule has 0 atom stereocenters. The van der Waals surface area contributed by atoms with Crippen molar-refractivity contribution >= 4 is 10.3 Å². The highest BCUT2D eigenvalue weighted by atomic mass is 32.2. The Morgan fingerprint density at radius 3 is 2.05 bits per heavy atom. The largest absolute Gasteiger partial charge is 0.383 e. The van der Waals surface area contributed by atoms with Crippen LogP contribution in [-0.4, -0.2) is 14.0 Å². The van der Waals surface area contributed by atoms with Gasteiger partial charge in [0.1, 0.15) is 5.75 Å². The summed E-state index contributed by atoms with van der Waals surface area (Å²) >= 11 is 0. The summed E-state index contributed by atoms with van der Waals surface area (Å²) in [7, 11) is -3.85. The van der Waals surface area contributed by atoms with E-state index in [1.165, 1.54) is 0 Å². The van der Waals surface area contributed by atoms with Gasteiger partial charge < -0.3 is 4.18 Å². The van der Waals surface area contributed by atoms with Gasteiger partial charge in [-0.2, -0.15) is 13.1 Å². The van der Waals surface area contributed by atoms with Gasteiger partial charge in [-0.25, -0.2) is 0 Å². The second-order valence-electron chi connectivity index (χ2n) is 6.05. The molecule has 1 N–H and O–H groups in total. The third-order valence-corrected chi connectivity index (χ3v) is 5.03. The second kappa shape index (κ2) is 7.27. The Balaban J connectivity index is 3.01. The zero-order chi connectivity index (χ0) is 16.1. The molecule has 0 aliphatic heterocycles. The Labute approximate surface area is 129 Å². The second-order valence-corrected chi connectivity index (χ2v) is 7.33. The summed E-state index contributed by atoms with van der Waals surface area (Å²) in [4.78, 5) is 0. The van der Waals surface area contributed by atoms with Gasteiger partial charge >= 0.3 is 10.3 Å². The minimum absolute atomic E-state index is 0.173. The zero-order valence-corrected chi connectivity index (χ0v) is 14.4. The first-order valence-electron chi connectivity index (χ1n) is 7.52. The van der Waals surface area contributed by atoms with Crippen molar-refractivity contribution in [2.75, 3.05) is 0 Å². The van der Waals surface area contributed by atoms with Gasteiger partial charge in [0.05, 0.1) is 0 Å². The highest BCUT2D eigenvalue weighted by molar-refractivity contribution is 7.85. The van der Waals surface area contributed by atoms with Crippen molar-refractivity contribution in [3.8, 4) is 5.75 Å². The molecule has 0 radical (unpaired) electrons. The van der Waals surface area contributed by atoms with Crippen LogP contribution >= 0.6 is 0 Å². The number of rotatable bonds is 8. The van der Waals surface area contributed by atoms with Crippen LogP contribution in [-0.2, 0) is 10.3 Å². The van der Waals surface area contributed by atoms with Gasteiger partial charge in [0.15, 0.2) is 0 Å². The fourth-order valence-electron chi connectivity index (χ4n) is 2.80. The molecule has 0 aliphatic rings. The first-order chi connectivity index (χ1) is 9.73. The topological polar surface area (TPSA) is 55.4 Å². The molecule has 1 aromatic carbocycles.